The molecule has 0 bridgehead atoms. The molecule has 0 spiro atoms. The summed E-state index contributed by atoms with van der Waals surface area (Å²) in [4.78, 5) is 3.79. The van der Waals surface area contributed by atoms with Crippen LogP contribution in [0.5, 0.6) is 0 Å². The maximum atomic E-state index is 12.1. The first-order chi connectivity index (χ1) is 8.88. The molecule has 2 aromatic rings. The van der Waals surface area contributed by atoms with Crippen LogP contribution in [0.1, 0.15) is 0 Å². The highest BCUT2D eigenvalue weighted by molar-refractivity contribution is 9.10. The first-order valence-electron chi connectivity index (χ1n) is 5.08. The maximum absolute atomic E-state index is 12.1. The molecule has 5 nitrogen and oxygen atoms in total. The van der Waals surface area contributed by atoms with Gasteiger partial charge in [0.15, 0.2) is 0 Å². The van der Waals surface area contributed by atoms with Crippen LogP contribution in [0, 0.1) is 0 Å². The molecular weight excluding hydrogens is 354 g/mol. The number of nitrogen functional groups attached to an aromatic ring is 1. The zero-order valence-electron chi connectivity index (χ0n) is 9.47. The van der Waals surface area contributed by atoms with E-state index >= 15 is 0 Å². The third kappa shape index (κ3) is 3.37. The summed E-state index contributed by atoms with van der Waals surface area (Å²) in [6.07, 6.45) is 1.33. The third-order valence-corrected chi connectivity index (χ3v) is 4.85. The Balaban J connectivity index is 2.33. The van der Waals surface area contributed by atoms with Crippen molar-refractivity contribution in [2.45, 2.75) is 4.90 Å². The van der Waals surface area contributed by atoms with Gasteiger partial charge in [0, 0.05) is 16.7 Å². The van der Waals surface area contributed by atoms with E-state index in [-0.39, 0.29) is 10.7 Å². The lowest BCUT2D eigenvalue weighted by atomic mass is 10.3. The van der Waals surface area contributed by atoms with E-state index in [2.05, 4.69) is 25.6 Å². The van der Waals surface area contributed by atoms with Crippen molar-refractivity contribution in [3.63, 3.8) is 0 Å². The Labute approximate surface area is 124 Å². The molecule has 19 heavy (non-hydrogen) atoms. The van der Waals surface area contributed by atoms with E-state index in [9.17, 15) is 8.42 Å². The largest absolute Gasteiger partial charge is 0.384 e. The van der Waals surface area contributed by atoms with Gasteiger partial charge in [-0.1, -0.05) is 11.6 Å². The van der Waals surface area contributed by atoms with Gasteiger partial charge in [0.1, 0.15) is 5.82 Å². The second-order valence-corrected chi connectivity index (χ2v) is 6.59. The summed E-state index contributed by atoms with van der Waals surface area (Å²) in [6, 6.07) is 7.40. The number of anilines is 2. The van der Waals surface area contributed by atoms with Gasteiger partial charge in [-0.15, -0.1) is 0 Å². The van der Waals surface area contributed by atoms with E-state index in [1.807, 2.05) is 0 Å². The number of benzene rings is 1. The van der Waals surface area contributed by atoms with Crippen molar-refractivity contribution in [2.24, 2.45) is 0 Å². The number of pyridine rings is 1. The molecule has 1 aromatic carbocycles. The Kier molecular flexibility index (Phi) is 3.98. The molecule has 0 aliphatic carbocycles. The van der Waals surface area contributed by atoms with Crippen LogP contribution < -0.4 is 10.5 Å². The summed E-state index contributed by atoms with van der Waals surface area (Å²) in [5.41, 5.74) is 5.83. The van der Waals surface area contributed by atoms with Gasteiger partial charge in [0.25, 0.3) is 10.0 Å². The molecule has 0 saturated heterocycles. The molecule has 0 saturated carbocycles. The summed E-state index contributed by atoms with van der Waals surface area (Å²) in [5.74, 6) is 0.136. The van der Waals surface area contributed by atoms with Crippen molar-refractivity contribution in [3.05, 3.63) is 46.0 Å². The highest BCUT2D eigenvalue weighted by Crippen LogP contribution is 2.26. The Morgan fingerprint density at radius 2 is 2.00 bits per heavy atom. The quantitative estimate of drug-likeness (QED) is 0.879. The zero-order valence-corrected chi connectivity index (χ0v) is 12.6. The number of nitrogens with two attached hydrogens (primary N) is 1. The Morgan fingerprint density at radius 1 is 1.26 bits per heavy atom. The third-order valence-electron chi connectivity index (χ3n) is 2.23. The fourth-order valence-electron chi connectivity index (χ4n) is 1.37. The van der Waals surface area contributed by atoms with Crippen molar-refractivity contribution in [3.8, 4) is 0 Å². The van der Waals surface area contributed by atoms with E-state index in [1.165, 1.54) is 24.4 Å². The van der Waals surface area contributed by atoms with E-state index in [0.29, 0.717) is 15.2 Å². The van der Waals surface area contributed by atoms with Crippen molar-refractivity contribution in [1.82, 2.24) is 4.98 Å². The summed E-state index contributed by atoms with van der Waals surface area (Å²) in [7, 11) is -3.71. The molecule has 0 fully saturated rings. The molecule has 100 valence electrons. The van der Waals surface area contributed by atoms with E-state index < -0.39 is 10.0 Å². The van der Waals surface area contributed by atoms with Gasteiger partial charge in [-0.05, 0) is 40.2 Å². The molecule has 0 atom stereocenters. The van der Waals surface area contributed by atoms with Crippen LogP contribution in [0.4, 0.5) is 11.5 Å². The molecular formula is C11H9BrClN3O2S. The lowest BCUT2D eigenvalue weighted by molar-refractivity contribution is 0.601. The smallest absolute Gasteiger partial charge is 0.262 e. The van der Waals surface area contributed by atoms with Crippen molar-refractivity contribution in [1.29, 1.82) is 0 Å². The molecule has 3 N–H and O–H groups in total. The monoisotopic (exact) mass is 361 g/mol. The predicted octanol–water partition coefficient (Wildman–Crippen LogP) is 2.88. The van der Waals surface area contributed by atoms with Gasteiger partial charge >= 0.3 is 0 Å². The molecule has 1 aromatic heterocycles. The summed E-state index contributed by atoms with van der Waals surface area (Å²) in [6.45, 7) is 0. The van der Waals surface area contributed by atoms with E-state index in [1.54, 1.807) is 12.1 Å². The fourth-order valence-corrected chi connectivity index (χ4v) is 2.87. The van der Waals surface area contributed by atoms with E-state index in [0.717, 1.165) is 0 Å². The van der Waals surface area contributed by atoms with Crippen molar-refractivity contribution < 1.29 is 8.42 Å². The standard InChI is InChI=1S/C11H9BrClN3O2S/c12-9-2-1-7(5-10(9)13)16-19(17,18)8-3-4-15-11(14)6-8/h1-6,16H,(H2,14,15). The highest BCUT2D eigenvalue weighted by atomic mass is 79.9. The number of nitrogens with zero attached hydrogens (tertiary/aromatic N) is 1. The first-order valence-corrected chi connectivity index (χ1v) is 7.73. The van der Waals surface area contributed by atoms with Gasteiger partial charge in [0.2, 0.25) is 0 Å². The molecule has 8 heteroatoms. The summed E-state index contributed by atoms with van der Waals surface area (Å²) < 4.78 is 27.3. The molecule has 0 amide bonds. The number of nitrogens with one attached hydrogen (secondary N) is 1. The fraction of sp³-hybridized carbons (Fsp3) is 0. The van der Waals surface area contributed by atoms with Gasteiger partial charge in [-0.2, -0.15) is 0 Å². The number of aromatic nitrogens is 1. The number of rotatable bonds is 3. The minimum Gasteiger partial charge on any atom is -0.384 e. The summed E-state index contributed by atoms with van der Waals surface area (Å²) >= 11 is 9.13. The van der Waals surface area contributed by atoms with E-state index in [4.69, 9.17) is 17.3 Å². The average Bonchev–Trinajstić information content (AvgIpc) is 2.33. The van der Waals surface area contributed by atoms with Crippen LogP contribution in [0.3, 0.4) is 0 Å². The minimum atomic E-state index is -3.71. The van der Waals surface area contributed by atoms with Crippen LogP contribution in [-0.4, -0.2) is 13.4 Å². The number of halogens is 2. The van der Waals surface area contributed by atoms with Gasteiger partial charge in [0.05, 0.1) is 15.6 Å². The number of hydrogen-bond acceptors (Lipinski definition) is 4. The zero-order chi connectivity index (χ0) is 14.0. The average molecular weight is 363 g/mol. The van der Waals surface area contributed by atoms with Gasteiger partial charge in [-0.3, -0.25) is 4.72 Å². The van der Waals surface area contributed by atoms with Crippen LogP contribution in [-0.2, 0) is 10.0 Å². The maximum Gasteiger partial charge on any atom is 0.262 e. The van der Waals surface area contributed by atoms with Gasteiger partial charge < -0.3 is 5.73 Å². The number of hydrogen-bond donors (Lipinski definition) is 2. The van der Waals surface area contributed by atoms with Crippen molar-refractivity contribution in [2.75, 3.05) is 10.5 Å². The molecule has 0 aliphatic heterocycles. The van der Waals surface area contributed by atoms with Crippen LogP contribution >= 0.6 is 27.5 Å². The van der Waals surface area contributed by atoms with Crippen LogP contribution in [0.25, 0.3) is 0 Å². The summed E-state index contributed by atoms with van der Waals surface area (Å²) in [5, 5.41) is 0.412. The Bertz CT molecular complexity index is 722. The molecule has 0 unspecified atom stereocenters. The predicted molar refractivity (Wildman–Crippen MR) is 78.6 cm³/mol. The second-order valence-electron chi connectivity index (χ2n) is 3.65. The van der Waals surface area contributed by atoms with Crippen LogP contribution in [0.2, 0.25) is 5.02 Å². The number of sulfonamides is 1. The SMILES string of the molecule is Nc1cc(S(=O)(=O)Nc2ccc(Br)c(Cl)c2)ccn1. The first kappa shape index (κ1) is 14.1. The van der Waals surface area contributed by atoms with Crippen LogP contribution in [0.15, 0.2) is 45.9 Å². The molecule has 0 radical (unpaired) electrons. The van der Waals surface area contributed by atoms with Gasteiger partial charge in [-0.25, -0.2) is 13.4 Å². The topological polar surface area (TPSA) is 85.1 Å². The lowest BCUT2D eigenvalue weighted by Crippen LogP contribution is -2.13. The Morgan fingerprint density at radius 3 is 2.63 bits per heavy atom. The van der Waals surface area contributed by atoms with Crippen molar-refractivity contribution >= 4 is 49.1 Å². The highest BCUT2D eigenvalue weighted by Gasteiger charge is 2.15. The minimum absolute atomic E-state index is 0.0408. The Hall–Kier alpha value is -1.31. The molecule has 0 aliphatic rings. The second kappa shape index (κ2) is 5.36. The molecule has 1 heterocycles. The normalized spacial score (nSPS) is 11.3. The lowest BCUT2D eigenvalue weighted by Gasteiger charge is -2.09. The molecule has 2 rings (SSSR count).